The molecular weight excluding hydrogens is 482 g/mol. The third-order valence-electron chi connectivity index (χ3n) is 8.82. The van der Waals surface area contributed by atoms with Crippen LogP contribution >= 0.6 is 11.6 Å². The van der Waals surface area contributed by atoms with Crippen molar-refractivity contribution in [1.29, 1.82) is 0 Å². The summed E-state index contributed by atoms with van der Waals surface area (Å²) in [6, 6.07) is 26.8. The van der Waals surface area contributed by atoms with Crippen molar-refractivity contribution in [2.45, 2.75) is 55.9 Å². The molecule has 194 valence electrons. The van der Waals surface area contributed by atoms with E-state index >= 15 is 0 Å². The number of rotatable bonds is 8. The molecule has 5 heteroatoms. The standard InChI is InChI=1S/C32H36ClNO3/c1-37-30(36)32(34-28-12-7-11-27(33)21-28)16-14-31(15-17-32)26(20-25-10-5-6-13-29(25)31)19-24(22-35)18-23-8-3-2-4-9-23/h2-13,21,24,26,34-35H,14-20,22H2,1H3. The molecule has 1 saturated carbocycles. The molecule has 5 rings (SSSR count). The van der Waals surface area contributed by atoms with Crippen molar-refractivity contribution < 1.29 is 14.6 Å². The Labute approximate surface area is 225 Å². The van der Waals surface area contributed by atoms with Crippen molar-refractivity contribution >= 4 is 23.3 Å². The van der Waals surface area contributed by atoms with Crippen LogP contribution in [0.2, 0.25) is 5.02 Å². The monoisotopic (exact) mass is 517 g/mol. The number of methoxy groups -OCH3 is 1. The van der Waals surface area contributed by atoms with Gasteiger partial charge >= 0.3 is 5.97 Å². The number of carbonyl (C=O) groups is 1. The normalized spacial score (nSPS) is 25.4. The first-order chi connectivity index (χ1) is 18.0. The number of esters is 1. The van der Waals surface area contributed by atoms with Gasteiger partial charge in [-0.3, -0.25) is 0 Å². The van der Waals surface area contributed by atoms with Gasteiger partial charge in [0.2, 0.25) is 0 Å². The van der Waals surface area contributed by atoms with E-state index in [1.165, 1.54) is 23.8 Å². The Balaban J connectivity index is 1.41. The molecule has 2 unspecified atom stereocenters. The molecule has 2 N–H and O–H groups in total. The predicted octanol–water partition coefficient (Wildman–Crippen LogP) is 6.59. The highest BCUT2D eigenvalue weighted by Gasteiger charge is 2.54. The molecule has 0 heterocycles. The molecule has 2 aliphatic carbocycles. The molecule has 1 fully saturated rings. The highest BCUT2D eigenvalue weighted by Crippen LogP contribution is 2.56. The van der Waals surface area contributed by atoms with Gasteiger partial charge in [0.05, 0.1) is 7.11 Å². The van der Waals surface area contributed by atoms with Gasteiger partial charge < -0.3 is 15.2 Å². The minimum atomic E-state index is -0.785. The minimum Gasteiger partial charge on any atom is -0.467 e. The second-order valence-electron chi connectivity index (χ2n) is 10.9. The lowest BCUT2D eigenvalue weighted by molar-refractivity contribution is -0.148. The van der Waals surface area contributed by atoms with E-state index in [2.05, 4.69) is 53.8 Å². The summed E-state index contributed by atoms with van der Waals surface area (Å²) in [7, 11) is 1.47. The van der Waals surface area contributed by atoms with Crippen LogP contribution in [-0.4, -0.2) is 30.3 Å². The molecule has 0 saturated heterocycles. The van der Waals surface area contributed by atoms with E-state index in [0.717, 1.165) is 37.8 Å². The van der Waals surface area contributed by atoms with Crippen LogP contribution < -0.4 is 5.32 Å². The summed E-state index contributed by atoms with van der Waals surface area (Å²) in [5.74, 6) is 0.408. The Kier molecular flexibility index (Phi) is 7.60. The molecule has 0 aromatic heterocycles. The maximum Gasteiger partial charge on any atom is 0.331 e. The van der Waals surface area contributed by atoms with E-state index < -0.39 is 5.54 Å². The summed E-state index contributed by atoms with van der Waals surface area (Å²) < 4.78 is 5.32. The zero-order valence-electron chi connectivity index (χ0n) is 21.5. The van der Waals surface area contributed by atoms with E-state index in [9.17, 15) is 9.90 Å². The van der Waals surface area contributed by atoms with Crippen molar-refractivity contribution in [1.82, 2.24) is 0 Å². The fourth-order valence-corrected chi connectivity index (χ4v) is 7.15. The second kappa shape index (κ2) is 10.9. The van der Waals surface area contributed by atoms with Crippen LogP contribution in [0.4, 0.5) is 5.69 Å². The Morgan fingerprint density at radius 2 is 1.76 bits per heavy atom. The van der Waals surface area contributed by atoms with Gasteiger partial charge in [0, 0.05) is 17.3 Å². The first-order valence-electron chi connectivity index (χ1n) is 13.3. The fourth-order valence-electron chi connectivity index (χ4n) is 6.96. The lowest BCUT2D eigenvalue weighted by Crippen LogP contribution is -2.53. The highest BCUT2D eigenvalue weighted by atomic mass is 35.5. The largest absolute Gasteiger partial charge is 0.467 e. The quantitative estimate of drug-likeness (QED) is 0.331. The van der Waals surface area contributed by atoms with Crippen LogP contribution in [0.3, 0.4) is 0 Å². The SMILES string of the molecule is COC(=O)C1(Nc2cccc(Cl)c2)CCC2(CC1)c1ccccc1CC2CC(CO)Cc1ccccc1. The smallest absolute Gasteiger partial charge is 0.331 e. The first-order valence-corrected chi connectivity index (χ1v) is 13.7. The third kappa shape index (κ3) is 5.15. The van der Waals surface area contributed by atoms with Gasteiger partial charge in [-0.1, -0.05) is 72.3 Å². The Morgan fingerprint density at radius 1 is 1.03 bits per heavy atom. The summed E-state index contributed by atoms with van der Waals surface area (Å²) in [5, 5.41) is 14.5. The van der Waals surface area contributed by atoms with Crippen LogP contribution in [0.25, 0.3) is 0 Å². The van der Waals surface area contributed by atoms with Gasteiger partial charge in [0.25, 0.3) is 0 Å². The number of ether oxygens (including phenoxy) is 1. The van der Waals surface area contributed by atoms with Crippen LogP contribution in [0, 0.1) is 11.8 Å². The number of benzene rings is 3. The van der Waals surface area contributed by atoms with Crippen molar-refractivity contribution in [3.05, 3.63) is 101 Å². The fraction of sp³-hybridized carbons (Fsp3) is 0.406. The predicted molar refractivity (Wildman–Crippen MR) is 149 cm³/mol. The minimum absolute atomic E-state index is 0.00572. The average Bonchev–Trinajstić information content (AvgIpc) is 3.22. The number of halogens is 1. The summed E-state index contributed by atoms with van der Waals surface area (Å²) in [6.45, 7) is 0.181. The molecule has 0 aliphatic heterocycles. The molecule has 37 heavy (non-hydrogen) atoms. The van der Waals surface area contributed by atoms with Crippen LogP contribution in [0.1, 0.15) is 48.8 Å². The summed E-state index contributed by atoms with van der Waals surface area (Å²) in [5.41, 5.74) is 4.15. The molecule has 0 amide bonds. The summed E-state index contributed by atoms with van der Waals surface area (Å²) in [4.78, 5) is 13.2. The number of aliphatic hydroxyl groups is 1. The van der Waals surface area contributed by atoms with E-state index in [-0.39, 0.29) is 23.9 Å². The van der Waals surface area contributed by atoms with E-state index in [1.807, 2.05) is 30.3 Å². The molecule has 2 atom stereocenters. The van der Waals surface area contributed by atoms with E-state index in [4.69, 9.17) is 16.3 Å². The van der Waals surface area contributed by atoms with Gasteiger partial charge in [-0.2, -0.15) is 0 Å². The van der Waals surface area contributed by atoms with Gasteiger partial charge in [0.1, 0.15) is 5.54 Å². The Bertz CT molecular complexity index is 1220. The molecule has 0 radical (unpaired) electrons. The average molecular weight is 518 g/mol. The van der Waals surface area contributed by atoms with Crippen molar-refractivity contribution in [3.63, 3.8) is 0 Å². The summed E-state index contributed by atoms with van der Waals surface area (Å²) in [6.07, 6.45) is 6.00. The topological polar surface area (TPSA) is 58.6 Å². The van der Waals surface area contributed by atoms with Crippen LogP contribution in [0.5, 0.6) is 0 Å². The van der Waals surface area contributed by atoms with Gasteiger partial charge in [0.15, 0.2) is 0 Å². The number of anilines is 1. The zero-order chi connectivity index (χ0) is 25.9. The van der Waals surface area contributed by atoms with Gasteiger partial charge in [-0.05, 0) is 97.1 Å². The molecule has 2 aliphatic rings. The number of hydrogen-bond donors (Lipinski definition) is 2. The molecule has 4 nitrogen and oxygen atoms in total. The van der Waals surface area contributed by atoms with Gasteiger partial charge in [-0.15, -0.1) is 0 Å². The van der Waals surface area contributed by atoms with Crippen molar-refractivity contribution in [3.8, 4) is 0 Å². The van der Waals surface area contributed by atoms with Gasteiger partial charge in [-0.25, -0.2) is 4.79 Å². The molecule has 1 spiro atoms. The maximum absolute atomic E-state index is 13.2. The number of carbonyl (C=O) groups excluding carboxylic acids is 1. The number of hydrogen-bond acceptors (Lipinski definition) is 4. The third-order valence-corrected chi connectivity index (χ3v) is 9.06. The van der Waals surface area contributed by atoms with Crippen molar-refractivity contribution in [2.75, 3.05) is 19.0 Å². The molecule has 3 aromatic rings. The highest BCUT2D eigenvalue weighted by molar-refractivity contribution is 6.30. The molecule has 0 bridgehead atoms. The Morgan fingerprint density at radius 3 is 2.46 bits per heavy atom. The second-order valence-corrected chi connectivity index (χ2v) is 11.3. The van der Waals surface area contributed by atoms with Crippen molar-refractivity contribution in [2.24, 2.45) is 11.8 Å². The lowest BCUT2D eigenvalue weighted by atomic mass is 9.59. The number of fused-ring (bicyclic) bond motifs is 2. The lowest BCUT2D eigenvalue weighted by Gasteiger charge is -2.48. The first kappa shape index (κ1) is 25.8. The molecular formula is C32H36ClNO3. The molecule has 3 aromatic carbocycles. The summed E-state index contributed by atoms with van der Waals surface area (Å²) >= 11 is 6.24. The number of nitrogens with one attached hydrogen (secondary N) is 1. The van der Waals surface area contributed by atoms with E-state index in [1.54, 1.807) is 0 Å². The zero-order valence-corrected chi connectivity index (χ0v) is 22.2. The van der Waals surface area contributed by atoms with E-state index in [0.29, 0.717) is 23.8 Å². The van der Waals surface area contributed by atoms with Crippen LogP contribution in [-0.2, 0) is 27.8 Å². The maximum atomic E-state index is 13.2. The van der Waals surface area contributed by atoms with Crippen LogP contribution in [0.15, 0.2) is 78.9 Å². The number of aliphatic hydroxyl groups excluding tert-OH is 1. The Hall–Kier alpha value is -2.82.